The number of ether oxygens (including phenoxy) is 2. The zero-order chi connectivity index (χ0) is 14.7. The van der Waals surface area contributed by atoms with Gasteiger partial charge in [0.05, 0.1) is 12.6 Å². The molecule has 0 fully saturated rings. The molecule has 0 bridgehead atoms. The molecule has 0 spiro atoms. The molecule has 5 heteroatoms. The van der Waals surface area contributed by atoms with Crippen LogP contribution in [0.4, 0.5) is 14.5 Å². The van der Waals surface area contributed by atoms with Crippen molar-refractivity contribution >= 4 is 5.69 Å². The molecule has 0 saturated heterocycles. The van der Waals surface area contributed by atoms with E-state index >= 15 is 0 Å². The summed E-state index contributed by atoms with van der Waals surface area (Å²) in [6.07, 6.45) is 0.853. The quantitative estimate of drug-likeness (QED) is 0.914. The van der Waals surface area contributed by atoms with Crippen molar-refractivity contribution in [3.63, 3.8) is 0 Å². The average Bonchev–Trinajstić information content (AvgIpc) is 2.49. The summed E-state index contributed by atoms with van der Waals surface area (Å²) in [5, 5.41) is 3.39. The van der Waals surface area contributed by atoms with E-state index in [2.05, 4.69) is 10.1 Å². The number of hydrogen-bond donors (Lipinski definition) is 1. The summed E-state index contributed by atoms with van der Waals surface area (Å²) in [5.41, 5.74) is 1.97. The summed E-state index contributed by atoms with van der Waals surface area (Å²) in [5.74, 6) is 1.04. The van der Waals surface area contributed by atoms with Crippen molar-refractivity contribution in [1.29, 1.82) is 0 Å². The highest BCUT2D eigenvalue weighted by Crippen LogP contribution is 2.34. The molecule has 3 rings (SSSR count). The molecule has 1 unspecified atom stereocenters. The predicted molar refractivity (Wildman–Crippen MR) is 76.0 cm³/mol. The Labute approximate surface area is 121 Å². The molecule has 3 nitrogen and oxygen atoms in total. The highest BCUT2D eigenvalue weighted by molar-refractivity contribution is 5.50. The number of fused-ring (bicyclic) bond motifs is 1. The maximum atomic E-state index is 12.1. The van der Waals surface area contributed by atoms with E-state index in [0.29, 0.717) is 6.61 Å². The van der Waals surface area contributed by atoms with E-state index < -0.39 is 6.61 Å². The van der Waals surface area contributed by atoms with Crippen LogP contribution in [0.15, 0.2) is 48.5 Å². The molecule has 0 aliphatic carbocycles. The Morgan fingerprint density at radius 3 is 2.62 bits per heavy atom. The number of para-hydroxylation sites is 1. The topological polar surface area (TPSA) is 30.5 Å². The molecule has 1 aliphatic heterocycles. The average molecular weight is 291 g/mol. The lowest BCUT2D eigenvalue weighted by Crippen LogP contribution is -2.20. The Kier molecular flexibility index (Phi) is 3.90. The number of alkyl halides is 2. The van der Waals surface area contributed by atoms with Crippen LogP contribution in [0.25, 0.3) is 0 Å². The van der Waals surface area contributed by atoms with E-state index in [-0.39, 0.29) is 11.8 Å². The molecule has 110 valence electrons. The number of benzene rings is 2. The van der Waals surface area contributed by atoms with Gasteiger partial charge in [0.2, 0.25) is 0 Å². The van der Waals surface area contributed by atoms with Crippen molar-refractivity contribution in [2.24, 2.45) is 0 Å². The smallest absolute Gasteiger partial charge is 0.387 e. The van der Waals surface area contributed by atoms with Crippen molar-refractivity contribution in [1.82, 2.24) is 0 Å². The molecule has 0 radical (unpaired) electrons. The van der Waals surface area contributed by atoms with Crippen LogP contribution in [-0.2, 0) is 0 Å². The summed E-state index contributed by atoms with van der Waals surface area (Å²) in [6.45, 7) is -2.15. The number of nitrogens with one attached hydrogen (secondary N) is 1. The van der Waals surface area contributed by atoms with Gasteiger partial charge in [-0.15, -0.1) is 0 Å². The minimum atomic E-state index is -2.80. The molecule has 2 aromatic carbocycles. The number of anilines is 1. The van der Waals surface area contributed by atoms with Gasteiger partial charge >= 0.3 is 6.61 Å². The van der Waals surface area contributed by atoms with Crippen molar-refractivity contribution in [3.8, 4) is 11.5 Å². The van der Waals surface area contributed by atoms with Gasteiger partial charge in [-0.2, -0.15) is 8.78 Å². The van der Waals surface area contributed by atoms with Gasteiger partial charge < -0.3 is 14.8 Å². The summed E-state index contributed by atoms with van der Waals surface area (Å²) < 4.78 is 34.2. The maximum Gasteiger partial charge on any atom is 0.387 e. The lowest BCUT2D eigenvalue weighted by Gasteiger charge is -2.27. The fourth-order valence-electron chi connectivity index (χ4n) is 2.43. The van der Waals surface area contributed by atoms with Crippen molar-refractivity contribution in [2.75, 3.05) is 11.9 Å². The van der Waals surface area contributed by atoms with Gasteiger partial charge in [-0.25, -0.2) is 0 Å². The molecule has 0 amide bonds. The van der Waals surface area contributed by atoms with Crippen LogP contribution in [0.2, 0.25) is 0 Å². The predicted octanol–water partition coefficient (Wildman–Crippen LogP) is 4.22. The first-order chi connectivity index (χ1) is 10.2. The van der Waals surface area contributed by atoms with Crippen molar-refractivity contribution < 1.29 is 18.3 Å². The second kappa shape index (κ2) is 5.99. The SMILES string of the molecule is FC(F)Oc1ccc(NC2CCOc3ccccc32)cc1. The molecular formula is C16H15F2NO2. The molecule has 1 atom stereocenters. The first-order valence-electron chi connectivity index (χ1n) is 6.75. The van der Waals surface area contributed by atoms with Crippen LogP contribution in [-0.4, -0.2) is 13.2 Å². The standard InChI is InChI=1S/C16H15F2NO2/c17-16(18)21-12-7-5-11(6-8-12)19-14-9-10-20-15-4-2-1-3-13(14)15/h1-8,14,16,19H,9-10H2. The molecule has 1 N–H and O–H groups in total. The van der Waals surface area contributed by atoms with Gasteiger partial charge in [-0.1, -0.05) is 18.2 Å². The summed E-state index contributed by atoms with van der Waals surface area (Å²) >= 11 is 0. The fraction of sp³-hybridized carbons (Fsp3) is 0.250. The Morgan fingerprint density at radius 2 is 1.86 bits per heavy atom. The second-order valence-corrected chi connectivity index (χ2v) is 4.77. The normalized spacial score (nSPS) is 17.0. The molecule has 1 heterocycles. The molecule has 21 heavy (non-hydrogen) atoms. The van der Waals surface area contributed by atoms with E-state index in [9.17, 15) is 8.78 Å². The molecular weight excluding hydrogens is 276 g/mol. The van der Waals surface area contributed by atoms with Gasteiger partial charge in [0.1, 0.15) is 11.5 Å². The van der Waals surface area contributed by atoms with Gasteiger partial charge in [-0.3, -0.25) is 0 Å². The van der Waals surface area contributed by atoms with E-state index in [4.69, 9.17) is 4.74 Å². The molecule has 1 aliphatic rings. The van der Waals surface area contributed by atoms with E-state index in [1.807, 2.05) is 24.3 Å². The molecule has 2 aromatic rings. The largest absolute Gasteiger partial charge is 0.493 e. The zero-order valence-corrected chi connectivity index (χ0v) is 11.3. The zero-order valence-electron chi connectivity index (χ0n) is 11.3. The summed E-state index contributed by atoms with van der Waals surface area (Å²) in [6, 6.07) is 14.6. The van der Waals surface area contributed by atoms with Crippen LogP contribution >= 0.6 is 0 Å². The minimum Gasteiger partial charge on any atom is -0.493 e. The second-order valence-electron chi connectivity index (χ2n) is 4.77. The van der Waals surface area contributed by atoms with Crippen LogP contribution < -0.4 is 14.8 Å². The van der Waals surface area contributed by atoms with Gasteiger partial charge in [-0.05, 0) is 30.3 Å². The van der Waals surface area contributed by atoms with Crippen molar-refractivity contribution in [3.05, 3.63) is 54.1 Å². The lowest BCUT2D eigenvalue weighted by atomic mass is 10.0. The third-order valence-electron chi connectivity index (χ3n) is 3.38. The van der Waals surface area contributed by atoms with Crippen LogP contribution in [0, 0.1) is 0 Å². The number of halogens is 2. The Bertz CT molecular complexity index is 601. The van der Waals surface area contributed by atoms with Gasteiger partial charge in [0.15, 0.2) is 0 Å². The lowest BCUT2D eigenvalue weighted by molar-refractivity contribution is -0.0498. The highest BCUT2D eigenvalue weighted by Gasteiger charge is 2.20. The van der Waals surface area contributed by atoms with Crippen LogP contribution in [0.1, 0.15) is 18.0 Å². The third kappa shape index (κ3) is 3.24. The van der Waals surface area contributed by atoms with Gasteiger partial charge in [0.25, 0.3) is 0 Å². The Morgan fingerprint density at radius 1 is 1.10 bits per heavy atom. The molecule has 0 saturated carbocycles. The van der Waals surface area contributed by atoms with E-state index in [1.165, 1.54) is 12.1 Å². The van der Waals surface area contributed by atoms with Gasteiger partial charge in [0, 0.05) is 17.7 Å². The van der Waals surface area contributed by atoms with E-state index in [0.717, 1.165) is 23.4 Å². The number of hydrogen-bond acceptors (Lipinski definition) is 3. The first-order valence-corrected chi connectivity index (χ1v) is 6.75. The highest BCUT2D eigenvalue weighted by atomic mass is 19.3. The Balaban J connectivity index is 1.73. The summed E-state index contributed by atoms with van der Waals surface area (Å²) in [4.78, 5) is 0. The van der Waals surface area contributed by atoms with Crippen LogP contribution in [0.5, 0.6) is 11.5 Å². The van der Waals surface area contributed by atoms with Crippen LogP contribution in [0.3, 0.4) is 0 Å². The van der Waals surface area contributed by atoms with Crippen molar-refractivity contribution in [2.45, 2.75) is 19.1 Å². The minimum absolute atomic E-state index is 0.150. The number of rotatable bonds is 4. The fourth-order valence-corrected chi connectivity index (χ4v) is 2.43. The first kappa shape index (κ1) is 13.7. The summed E-state index contributed by atoms with van der Waals surface area (Å²) in [7, 11) is 0. The maximum absolute atomic E-state index is 12.1. The third-order valence-corrected chi connectivity index (χ3v) is 3.38. The Hall–Kier alpha value is -2.30. The monoisotopic (exact) mass is 291 g/mol. The van der Waals surface area contributed by atoms with E-state index in [1.54, 1.807) is 12.1 Å². The molecule has 0 aromatic heterocycles.